The highest BCUT2D eigenvalue weighted by molar-refractivity contribution is 5.90. The number of hydrazine groups is 1. The average molecular weight is 238 g/mol. The molecule has 6 heteroatoms. The minimum absolute atomic E-state index is 0.235. The Bertz CT molecular complexity index is 437. The molecule has 0 fully saturated rings. The number of benzene rings is 1. The first-order valence-electron chi connectivity index (χ1n) is 5.02. The lowest BCUT2D eigenvalue weighted by Gasteiger charge is -2.19. The van der Waals surface area contributed by atoms with Crippen LogP contribution in [-0.2, 0) is 4.74 Å². The number of ether oxygens (including phenoxy) is 1. The lowest BCUT2D eigenvalue weighted by molar-refractivity contribution is -0.445. The quantitative estimate of drug-likeness (QED) is 0.496. The van der Waals surface area contributed by atoms with Gasteiger partial charge in [0.05, 0.1) is 5.56 Å². The van der Waals surface area contributed by atoms with Gasteiger partial charge in [0.2, 0.25) is 0 Å². The highest BCUT2D eigenvalue weighted by Gasteiger charge is 2.18. The molecule has 17 heavy (non-hydrogen) atoms. The largest absolute Gasteiger partial charge is 0.456 e. The van der Waals surface area contributed by atoms with E-state index in [0.717, 1.165) is 0 Å². The van der Waals surface area contributed by atoms with E-state index in [1.165, 1.54) is 12.1 Å². The maximum atomic E-state index is 11.7. The molecular weight excluding hydrogens is 224 g/mol. The first kappa shape index (κ1) is 13.0. The van der Waals surface area contributed by atoms with Crippen molar-refractivity contribution in [2.75, 3.05) is 5.43 Å². The van der Waals surface area contributed by atoms with Crippen molar-refractivity contribution < 1.29 is 14.6 Å². The minimum atomic E-state index is -0.686. The number of hydrogen-bond donors (Lipinski definition) is 1. The first-order chi connectivity index (χ1) is 7.78. The fraction of sp³-hybridized carbons (Fsp3) is 0.364. The molecule has 1 aromatic carbocycles. The summed E-state index contributed by atoms with van der Waals surface area (Å²) in [4.78, 5) is 21.9. The van der Waals surface area contributed by atoms with Crippen LogP contribution in [0.2, 0.25) is 0 Å². The lowest BCUT2D eigenvalue weighted by Crippen LogP contribution is -2.24. The van der Waals surface area contributed by atoms with Crippen LogP contribution in [0, 0.1) is 10.1 Å². The highest BCUT2D eigenvalue weighted by atomic mass is 16.7. The average Bonchev–Trinajstić information content (AvgIpc) is 2.14. The number of nitrogens with one attached hydrogen (secondary N) is 1. The van der Waals surface area contributed by atoms with E-state index in [1.54, 1.807) is 32.9 Å². The fourth-order valence-corrected chi connectivity index (χ4v) is 1.16. The van der Waals surface area contributed by atoms with E-state index in [4.69, 9.17) is 4.74 Å². The molecule has 0 saturated carbocycles. The molecule has 0 radical (unpaired) electrons. The molecular formula is C11H14N2O4. The highest BCUT2D eigenvalue weighted by Crippen LogP contribution is 2.15. The number of carbonyl (C=O) groups excluding carboxylic acids is 1. The third kappa shape index (κ3) is 4.50. The van der Waals surface area contributed by atoms with Gasteiger partial charge in [-0.1, -0.05) is 6.07 Å². The van der Waals surface area contributed by atoms with Crippen molar-refractivity contribution in [1.82, 2.24) is 0 Å². The molecule has 1 rings (SSSR count). The molecule has 0 atom stereocenters. The summed E-state index contributed by atoms with van der Waals surface area (Å²) in [5.74, 6) is -0.510. The van der Waals surface area contributed by atoms with Gasteiger partial charge in [-0.15, -0.1) is 5.43 Å². The molecule has 0 aliphatic heterocycles. The van der Waals surface area contributed by atoms with Crippen LogP contribution in [0.25, 0.3) is 0 Å². The van der Waals surface area contributed by atoms with Gasteiger partial charge in [0, 0.05) is 0 Å². The van der Waals surface area contributed by atoms with Crippen molar-refractivity contribution >= 4 is 11.7 Å². The molecule has 1 N–H and O–H groups in total. The van der Waals surface area contributed by atoms with Crippen molar-refractivity contribution in [3.05, 3.63) is 39.9 Å². The molecule has 0 saturated heterocycles. The second-order valence-electron chi connectivity index (χ2n) is 4.45. The van der Waals surface area contributed by atoms with Crippen LogP contribution in [0.4, 0.5) is 5.69 Å². The molecule has 0 heterocycles. The first-order valence-corrected chi connectivity index (χ1v) is 5.02. The normalized spacial score (nSPS) is 10.8. The van der Waals surface area contributed by atoms with Gasteiger partial charge < -0.3 is 4.74 Å². The number of rotatable bonds is 3. The van der Waals surface area contributed by atoms with E-state index in [9.17, 15) is 14.9 Å². The Morgan fingerprint density at radius 3 is 2.59 bits per heavy atom. The zero-order valence-electron chi connectivity index (χ0n) is 9.89. The van der Waals surface area contributed by atoms with Crippen LogP contribution in [0.3, 0.4) is 0 Å². The summed E-state index contributed by atoms with van der Waals surface area (Å²) in [6.07, 6.45) is 0. The second-order valence-corrected chi connectivity index (χ2v) is 4.45. The van der Waals surface area contributed by atoms with Gasteiger partial charge in [0.1, 0.15) is 11.3 Å². The van der Waals surface area contributed by atoms with Gasteiger partial charge in [0.15, 0.2) is 5.03 Å². The summed E-state index contributed by atoms with van der Waals surface area (Å²) < 4.78 is 5.15. The summed E-state index contributed by atoms with van der Waals surface area (Å²) in [7, 11) is 0. The predicted octanol–water partition coefficient (Wildman–Crippen LogP) is 2.25. The van der Waals surface area contributed by atoms with Crippen LogP contribution >= 0.6 is 0 Å². The molecule has 0 aliphatic rings. The van der Waals surface area contributed by atoms with Gasteiger partial charge in [-0.05, 0) is 39.0 Å². The van der Waals surface area contributed by atoms with E-state index in [2.05, 4.69) is 0 Å². The van der Waals surface area contributed by atoms with E-state index in [1.807, 2.05) is 5.43 Å². The van der Waals surface area contributed by atoms with Crippen molar-refractivity contribution in [3.8, 4) is 0 Å². The summed E-state index contributed by atoms with van der Waals surface area (Å²) in [5.41, 5.74) is 1.89. The molecule has 0 unspecified atom stereocenters. The number of esters is 1. The van der Waals surface area contributed by atoms with Crippen molar-refractivity contribution in [3.63, 3.8) is 0 Å². The Morgan fingerprint density at radius 1 is 1.41 bits per heavy atom. The summed E-state index contributed by atoms with van der Waals surface area (Å²) in [6.45, 7) is 5.26. The molecule has 0 spiro atoms. The van der Waals surface area contributed by atoms with Gasteiger partial charge in [-0.2, -0.15) is 0 Å². The number of nitrogens with zero attached hydrogens (tertiary/aromatic N) is 1. The molecule has 0 bridgehead atoms. The Morgan fingerprint density at radius 2 is 2.06 bits per heavy atom. The third-order valence-corrected chi connectivity index (χ3v) is 1.72. The summed E-state index contributed by atoms with van der Waals surface area (Å²) in [5, 5.41) is 9.57. The fourth-order valence-electron chi connectivity index (χ4n) is 1.16. The van der Waals surface area contributed by atoms with Gasteiger partial charge in [0.25, 0.3) is 0 Å². The maximum absolute atomic E-state index is 11.7. The topological polar surface area (TPSA) is 81.5 Å². The van der Waals surface area contributed by atoms with E-state index >= 15 is 0 Å². The number of hydrogen-bond acceptors (Lipinski definition) is 4. The molecule has 6 nitrogen and oxygen atoms in total. The van der Waals surface area contributed by atoms with Crippen LogP contribution in [-0.4, -0.2) is 16.6 Å². The molecule has 92 valence electrons. The SMILES string of the molecule is CC(C)(C)OC(=O)c1cccc(N[N+](=O)[O-])c1. The minimum Gasteiger partial charge on any atom is -0.456 e. The van der Waals surface area contributed by atoms with Crippen molar-refractivity contribution in [1.29, 1.82) is 0 Å². The Hall–Kier alpha value is -2.11. The molecule has 0 aromatic heterocycles. The van der Waals surface area contributed by atoms with Gasteiger partial charge >= 0.3 is 5.97 Å². The zero-order valence-corrected chi connectivity index (χ0v) is 9.89. The third-order valence-electron chi connectivity index (χ3n) is 1.72. The predicted molar refractivity (Wildman–Crippen MR) is 62.2 cm³/mol. The van der Waals surface area contributed by atoms with Crippen LogP contribution in [0.5, 0.6) is 0 Å². The summed E-state index contributed by atoms with van der Waals surface area (Å²) in [6, 6.07) is 5.96. The Balaban J connectivity index is 2.84. The van der Waals surface area contributed by atoms with Crippen LogP contribution < -0.4 is 5.43 Å². The van der Waals surface area contributed by atoms with Crippen LogP contribution in [0.15, 0.2) is 24.3 Å². The smallest absolute Gasteiger partial charge is 0.338 e. The van der Waals surface area contributed by atoms with Gasteiger partial charge in [-0.25, -0.2) is 14.9 Å². The molecule has 0 amide bonds. The number of anilines is 1. The van der Waals surface area contributed by atoms with E-state index in [0.29, 0.717) is 0 Å². The Kier molecular flexibility index (Phi) is 3.67. The number of carbonyl (C=O) groups is 1. The number of nitro groups is 1. The van der Waals surface area contributed by atoms with Crippen molar-refractivity contribution in [2.45, 2.75) is 26.4 Å². The van der Waals surface area contributed by atoms with Crippen molar-refractivity contribution in [2.24, 2.45) is 0 Å². The maximum Gasteiger partial charge on any atom is 0.338 e. The standard InChI is InChI=1S/C11H14N2O4/c1-11(2,3)17-10(14)8-5-4-6-9(7-8)12-13(15)16/h4-7,12H,1-3H3. The molecule has 0 aliphatic carbocycles. The van der Waals surface area contributed by atoms with Gasteiger partial charge in [-0.3, -0.25) is 0 Å². The summed E-state index contributed by atoms with van der Waals surface area (Å²) >= 11 is 0. The van der Waals surface area contributed by atoms with E-state index < -0.39 is 16.6 Å². The molecule has 1 aromatic rings. The monoisotopic (exact) mass is 238 g/mol. The zero-order chi connectivity index (χ0) is 13.1. The van der Waals surface area contributed by atoms with Crippen LogP contribution in [0.1, 0.15) is 31.1 Å². The lowest BCUT2D eigenvalue weighted by atomic mass is 10.1. The second kappa shape index (κ2) is 4.82. The van der Waals surface area contributed by atoms with E-state index in [-0.39, 0.29) is 11.3 Å². The Labute approximate surface area is 98.7 Å².